The van der Waals surface area contributed by atoms with Gasteiger partial charge in [-0.3, -0.25) is 0 Å². The van der Waals surface area contributed by atoms with Gasteiger partial charge in [-0.25, -0.2) is 0 Å². The molecule has 12 heavy (non-hydrogen) atoms. The summed E-state index contributed by atoms with van der Waals surface area (Å²) in [5.74, 6) is 1.28. The Kier molecular flexibility index (Phi) is 2.91. The standard InChI is InChI=1S/C8H10BNO2/c10-8-3-1-7(2-4-8)5-6-9(11)12/h1-6,11-12H,10H2/b6-5+. The highest BCUT2D eigenvalue weighted by Crippen LogP contribution is 2.06. The molecule has 3 nitrogen and oxygen atoms in total. The van der Waals surface area contributed by atoms with Gasteiger partial charge in [0.2, 0.25) is 0 Å². The monoisotopic (exact) mass is 163 g/mol. The van der Waals surface area contributed by atoms with Crippen molar-refractivity contribution in [1.82, 2.24) is 0 Å². The number of anilines is 1. The van der Waals surface area contributed by atoms with E-state index < -0.39 is 7.12 Å². The van der Waals surface area contributed by atoms with Crippen LogP contribution >= 0.6 is 0 Å². The molecule has 1 aromatic carbocycles. The molecule has 4 heteroatoms. The smallest absolute Gasteiger partial charge is 0.424 e. The SMILES string of the molecule is Nc1ccc(/C=C/B(O)O)cc1. The average Bonchev–Trinajstić information content (AvgIpc) is 2.03. The van der Waals surface area contributed by atoms with Crippen molar-refractivity contribution in [2.75, 3.05) is 5.73 Å². The van der Waals surface area contributed by atoms with E-state index in [9.17, 15) is 0 Å². The van der Waals surface area contributed by atoms with E-state index in [-0.39, 0.29) is 0 Å². The first-order valence-corrected chi connectivity index (χ1v) is 3.58. The zero-order valence-corrected chi connectivity index (χ0v) is 6.51. The molecule has 0 amide bonds. The number of hydrogen-bond donors (Lipinski definition) is 3. The van der Waals surface area contributed by atoms with E-state index in [1.54, 1.807) is 30.3 Å². The van der Waals surface area contributed by atoms with Gasteiger partial charge in [0.25, 0.3) is 0 Å². The Hall–Kier alpha value is -1.26. The topological polar surface area (TPSA) is 66.5 Å². The average molecular weight is 163 g/mol. The Morgan fingerprint density at radius 1 is 1.17 bits per heavy atom. The molecule has 4 N–H and O–H groups in total. The molecular weight excluding hydrogens is 153 g/mol. The summed E-state index contributed by atoms with van der Waals surface area (Å²) in [5.41, 5.74) is 7.04. The predicted octanol–water partition coefficient (Wildman–Crippen LogP) is 0.294. The second-order valence-electron chi connectivity index (χ2n) is 2.44. The van der Waals surface area contributed by atoms with Gasteiger partial charge in [0.1, 0.15) is 0 Å². The van der Waals surface area contributed by atoms with Crippen LogP contribution in [0.2, 0.25) is 0 Å². The summed E-state index contributed by atoms with van der Waals surface area (Å²) in [4.78, 5) is 0. The van der Waals surface area contributed by atoms with Gasteiger partial charge in [0, 0.05) is 5.69 Å². The van der Waals surface area contributed by atoms with Gasteiger partial charge in [-0.15, -0.1) is 0 Å². The molecule has 0 radical (unpaired) electrons. The van der Waals surface area contributed by atoms with Gasteiger partial charge in [-0.05, 0) is 17.7 Å². The van der Waals surface area contributed by atoms with E-state index in [1.165, 1.54) is 5.98 Å². The Balaban J connectivity index is 2.71. The minimum absolute atomic E-state index is 0.691. The van der Waals surface area contributed by atoms with Crippen LogP contribution in [0, 0.1) is 0 Å². The normalized spacial score (nSPS) is 10.5. The van der Waals surface area contributed by atoms with Gasteiger partial charge < -0.3 is 15.8 Å². The molecule has 0 saturated heterocycles. The van der Waals surface area contributed by atoms with Crippen LogP contribution in [0.25, 0.3) is 6.08 Å². The number of benzene rings is 1. The quantitative estimate of drug-likeness (QED) is 0.433. The second kappa shape index (κ2) is 3.94. The summed E-state index contributed by atoms with van der Waals surface area (Å²) in [7, 11) is -1.40. The van der Waals surface area contributed by atoms with E-state index in [2.05, 4.69) is 0 Å². The predicted molar refractivity (Wildman–Crippen MR) is 50.1 cm³/mol. The molecule has 0 atom stereocenters. The Labute approximate surface area is 71.3 Å². The molecular formula is C8H10BNO2. The molecule has 0 aliphatic carbocycles. The highest BCUT2D eigenvalue weighted by Gasteiger charge is 1.97. The second-order valence-corrected chi connectivity index (χ2v) is 2.44. The largest absolute Gasteiger partial charge is 0.480 e. The van der Waals surface area contributed by atoms with Gasteiger partial charge in [-0.2, -0.15) is 0 Å². The van der Waals surface area contributed by atoms with E-state index in [1.807, 2.05) is 0 Å². The molecule has 0 spiro atoms. The van der Waals surface area contributed by atoms with Crippen molar-refractivity contribution in [3.05, 3.63) is 35.8 Å². The van der Waals surface area contributed by atoms with Crippen LogP contribution < -0.4 is 5.73 Å². The molecule has 0 saturated carbocycles. The summed E-state index contributed by atoms with van der Waals surface area (Å²) in [6.07, 6.45) is 1.62. The van der Waals surface area contributed by atoms with Gasteiger partial charge in [0.05, 0.1) is 0 Å². The highest BCUT2D eigenvalue weighted by atomic mass is 16.4. The Bertz CT molecular complexity index is 269. The van der Waals surface area contributed by atoms with Crippen LogP contribution in [0.3, 0.4) is 0 Å². The van der Waals surface area contributed by atoms with E-state index in [0.717, 1.165) is 5.56 Å². The molecule has 0 aliphatic heterocycles. The van der Waals surface area contributed by atoms with E-state index in [4.69, 9.17) is 15.8 Å². The summed E-state index contributed by atoms with van der Waals surface area (Å²) < 4.78 is 0. The van der Waals surface area contributed by atoms with Crippen molar-refractivity contribution in [1.29, 1.82) is 0 Å². The van der Waals surface area contributed by atoms with Crippen molar-refractivity contribution >= 4 is 18.9 Å². The van der Waals surface area contributed by atoms with Gasteiger partial charge in [0.15, 0.2) is 0 Å². The first-order valence-electron chi connectivity index (χ1n) is 3.58. The molecule has 0 unspecified atom stereocenters. The molecule has 62 valence electrons. The van der Waals surface area contributed by atoms with Crippen molar-refractivity contribution in [3.8, 4) is 0 Å². The molecule has 0 bridgehead atoms. The fourth-order valence-electron chi connectivity index (χ4n) is 0.804. The maximum absolute atomic E-state index is 8.51. The fraction of sp³-hybridized carbons (Fsp3) is 0. The summed E-state index contributed by atoms with van der Waals surface area (Å²) in [5, 5.41) is 17.0. The zero-order valence-electron chi connectivity index (χ0n) is 6.51. The van der Waals surface area contributed by atoms with Gasteiger partial charge >= 0.3 is 7.12 Å². The number of nitrogens with two attached hydrogens (primary N) is 1. The van der Waals surface area contributed by atoms with E-state index in [0.29, 0.717) is 5.69 Å². The third kappa shape index (κ3) is 2.78. The van der Waals surface area contributed by atoms with Crippen molar-refractivity contribution in [2.24, 2.45) is 0 Å². The number of nitrogen functional groups attached to an aromatic ring is 1. The van der Waals surface area contributed by atoms with Gasteiger partial charge in [-0.1, -0.05) is 24.2 Å². The van der Waals surface area contributed by atoms with Crippen LogP contribution in [0.1, 0.15) is 5.56 Å². The minimum atomic E-state index is -1.40. The Morgan fingerprint density at radius 3 is 2.25 bits per heavy atom. The number of rotatable bonds is 2. The third-order valence-corrected chi connectivity index (χ3v) is 1.40. The first-order chi connectivity index (χ1) is 5.68. The molecule has 0 aliphatic rings. The van der Waals surface area contributed by atoms with Crippen LogP contribution in [0.5, 0.6) is 0 Å². The number of hydrogen-bond acceptors (Lipinski definition) is 3. The molecule has 1 rings (SSSR count). The zero-order chi connectivity index (χ0) is 8.97. The molecule has 1 aromatic rings. The fourth-order valence-corrected chi connectivity index (χ4v) is 0.804. The summed E-state index contributed by atoms with van der Waals surface area (Å²) in [6.45, 7) is 0. The molecule has 0 heterocycles. The van der Waals surface area contributed by atoms with Crippen LogP contribution in [-0.4, -0.2) is 17.2 Å². The lowest BCUT2D eigenvalue weighted by molar-refractivity contribution is 0.424. The maximum atomic E-state index is 8.51. The lowest BCUT2D eigenvalue weighted by Gasteiger charge is -1.94. The summed E-state index contributed by atoms with van der Waals surface area (Å²) >= 11 is 0. The first kappa shape index (κ1) is 8.84. The lowest BCUT2D eigenvalue weighted by Crippen LogP contribution is -2.05. The van der Waals surface area contributed by atoms with Crippen LogP contribution in [-0.2, 0) is 0 Å². The minimum Gasteiger partial charge on any atom is -0.424 e. The van der Waals surface area contributed by atoms with E-state index >= 15 is 0 Å². The lowest BCUT2D eigenvalue weighted by atomic mass is 9.91. The Morgan fingerprint density at radius 2 is 1.75 bits per heavy atom. The maximum Gasteiger partial charge on any atom is 0.480 e. The van der Waals surface area contributed by atoms with Crippen LogP contribution in [0.15, 0.2) is 30.2 Å². The molecule has 0 aromatic heterocycles. The summed E-state index contributed by atoms with van der Waals surface area (Å²) in [6, 6.07) is 7.11. The highest BCUT2D eigenvalue weighted by molar-refractivity contribution is 6.48. The van der Waals surface area contributed by atoms with Crippen LogP contribution in [0.4, 0.5) is 5.69 Å². The van der Waals surface area contributed by atoms with Crippen molar-refractivity contribution < 1.29 is 10.0 Å². The van der Waals surface area contributed by atoms with Crippen molar-refractivity contribution in [2.45, 2.75) is 0 Å². The molecule has 0 fully saturated rings. The third-order valence-electron chi connectivity index (χ3n) is 1.40. The van der Waals surface area contributed by atoms with Crippen molar-refractivity contribution in [3.63, 3.8) is 0 Å².